The Labute approximate surface area is 235 Å². The Morgan fingerprint density at radius 1 is 1.07 bits per heavy atom. The molecular formula is C32H36N4O4. The summed E-state index contributed by atoms with van der Waals surface area (Å²) < 4.78 is 4.95. The van der Waals surface area contributed by atoms with Crippen molar-refractivity contribution < 1.29 is 19.1 Å². The molecule has 0 bridgehead atoms. The summed E-state index contributed by atoms with van der Waals surface area (Å²) in [5.74, 6) is -0.0402. The van der Waals surface area contributed by atoms with Crippen molar-refractivity contribution in [1.29, 1.82) is 0 Å². The van der Waals surface area contributed by atoms with Crippen molar-refractivity contribution in [3.05, 3.63) is 88.1 Å². The van der Waals surface area contributed by atoms with Gasteiger partial charge in [-0.1, -0.05) is 36.8 Å². The summed E-state index contributed by atoms with van der Waals surface area (Å²) in [6.45, 7) is 1.56. The van der Waals surface area contributed by atoms with Gasteiger partial charge in [-0.3, -0.25) is 14.4 Å². The summed E-state index contributed by atoms with van der Waals surface area (Å²) >= 11 is 0. The molecule has 8 nitrogen and oxygen atoms in total. The molecule has 40 heavy (non-hydrogen) atoms. The predicted octanol–water partition coefficient (Wildman–Crippen LogP) is 4.87. The van der Waals surface area contributed by atoms with Crippen molar-refractivity contribution in [3.63, 3.8) is 0 Å². The monoisotopic (exact) mass is 540 g/mol. The number of aryl methyl sites for hydroxylation is 2. The van der Waals surface area contributed by atoms with E-state index >= 15 is 0 Å². The van der Waals surface area contributed by atoms with Crippen molar-refractivity contribution in [1.82, 2.24) is 10.3 Å². The number of carbonyl (C=O) groups excluding carboxylic acids is 3. The number of nitrogens with zero attached hydrogens (tertiary/aromatic N) is 2. The molecule has 2 N–H and O–H groups in total. The highest BCUT2D eigenvalue weighted by Crippen LogP contribution is 2.40. The van der Waals surface area contributed by atoms with Gasteiger partial charge in [-0.2, -0.15) is 0 Å². The van der Waals surface area contributed by atoms with Crippen molar-refractivity contribution in [2.75, 3.05) is 37.5 Å². The molecule has 0 radical (unpaired) electrons. The van der Waals surface area contributed by atoms with Crippen LogP contribution < -0.4 is 15.5 Å². The third-order valence-corrected chi connectivity index (χ3v) is 7.85. The van der Waals surface area contributed by atoms with Crippen LogP contribution in [0.1, 0.15) is 81.1 Å². The van der Waals surface area contributed by atoms with Gasteiger partial charge < -0.3 is 20.3 Å². The van der Waals surface area contributed by atoms with Gasteiger partial charge in [0.15, 0.2) is 0 Å². The minimum Gasteiger partial charge on any atom is -0.469 e. The molecule has 0 saturated carbocycles. The first-order valence-electron chi connectivity index (χ1n) is 14.0. The number of fused-ring (bicyclic) bond motifs is 3. The van der Waals surface area contributed by atoms with E-state index in [0.29, 0.717) is 23.4 Å². The molecule has 2 aliphatic rings. The summed E-state index contributed by atoms with van der Waals surface area (Å²) in [6, 6.07) is 17.0. The number of aromatic nitrogens is 1. The highest BCUT2D eigenvalue weighted by molar-refractivity contribution is 6.09. The van der Waals surface area contributed by atoms with E-state index in [-0.39, 0.29) is 30.1 Å². The van der Waals surface area contributed by atoms with Gasteiger partial charge >= 0.3 is 5.97 Å². The van der Waals surface area contributed by atoms with Gasteiger partial charge in [0.2, 0.25) is 0 Å². The fourth-order valence-electron chi connectivity index (χ4n) is 5.61. The van der Waals surface area contributed by atoms with Crippen LogP contribution in [0, 0.1) is 0 Å². The first-order chi connectivity index (χ1) is 19.5. The highest BCUT2D eigenvalue weighted by Gasteiger charge is 2.32. The predicted molar refractivity (Wildman–Crippen MR) is 155 cm³/mol. The SMILES string of the molecule is COC(=O)CC1c2ccccc2C(=O)N(C)c2cc(C(=O)NCCCCCc3ccc4c(n3)NCCC4)ccc21. The van der Waals surface area contributed by atoms with Gasteiger partial charge in [0.1, 0.15) is 5.82 Å². The normalized spacial score (nSPS) is 15.7. The molecule has 0 aliphatic carbocycles. The van der Waals surface area contributed by atoms with Crippen LogP contribution in [0.4, 0.5) is 11.5 Å². The van der Waals surface area contributed by atoms with Gasteiger partial charge in [0.25, 0.3) is 11.8 Å². The van der Waals surface area contributed by atoms with E-state index in [1.165, 1.54) is 12.7 Å². The largest absolute Gasteiger partial charge is 0.469 e. The Kier molecular flexibility index (Phi) is 8.43. The number of esters is 1. The second kappa shape index (κ2) is 12.3. The summed E-state index contributed by atoms with van der Waals surface area (Å²) in [6.07, 6.45) is 6.14. The van der Waals surface area contributed by atoms with Gasteiger partial charge in [0.05, 0.1) is 13.5 Å². The minimum absolute atomic E-state index is 0.102. The van der Waals surface area contributed by atoms with E-state index in [0.717, 1.165) is 67.7 Å². The van der Waals surface area contributed by atoms with Crippen molar-refractivity contribution in [3.8, 4) is 0 Å². The zero-order chi connectivity index (χ0) is 28.1. The molecule has 0 saturated heterocycles. The number of nitrogens with one attached hydrogen (secondary N) is 2. The molecular weight excluding hydrogens is 504 g/mol. The zero-order valence-electron chi connectivity index (χ0n) is 23.2. The summed E-state index contributed by atoms with van der Waals surface area (Å²) in [7, 11) is 3.06. The number of carbonyl (C=O) groups is 3. The molecule has 2 aromatic carbocycles. The Balaban J connectivity index is 1.20. The molecule has 1 unspecified atom stereocenters. The molecule has 3 heterocycles. The fraction of sp³-hybridized carbons (Fsp3) is 0.375. The number of methoxy groups -OCH3 is 1. The van der Waals surface area contributed by atoms with E-state index in [1.807, 2.05) is 24.3 Å². The van der Waals surface area contributed by atoms with Gasteiger partial charge in [0, 0.05) is 48.6 Å². The van der Waals surface area contributed by atoms with Crippen LogP contribution in [0.5, 0.6) is 0 Å². The molecule has 0 spiro atoms. The maximum Gasteiger partial charge on any atom is 0.306 e. The van der Waals surface area contributed by atoms with E-state index in [9.17, 15) is 14.4 Å². The van der Waals surface area contributed by atoms with Gasteiger partial charge in [-0.25, -0.2) is 4.98 Å². The second-order valence-electron chi connectivity index (χ2n) is 10.5. The Bertz CT molecular complexity index is 1420. The third kappa shape index (κ3) is 5.86. The summed E-state index contributed by atoms with van der Waals surface area (Å²) in [5, 5.41) is 6.40. The van der Waals surface area contributed by atoms with E-state index < -0.39 is 0 Å². The average molecular weight is 541 g/mol. The average Bonchev–Trinajstić information content (AvgIpc) is 3.07. The number of hydrogen-bond donors (Lipinski definition) is 2. The number of rotatable bonds is 9. The lowest BCUT2D eigenvalue weighted by atomic mass is 9.85. The number of hydrogen-bond acceptors (Lipinski definition) is 6. The molecule has 2 aliphatic heterocycles. The maximum atomic E-state index is 13.3. The lowest BCUT2D eigenvalue weighted by Gasteiger charge is -2.21. The number of benzene rings is 2. The van der Waals surface area contributed by atoms with Gasteiger partial charge in [-0.15, -0.1) is 0 Å². The first-order valence-corrected chi connectivity index (χ1v) is 14.0. The summed E-state index contributed by atoms with van der Waals surface area (Å²) in [5.41, 5.74) is 5.64. The lowest BCUT2D eigenvalue weighted by molar-refractivity contribution is -0.140. The third-order valence-electron chi connectivity index (χ3n) is 7.85. The number of pyridine rings is 1. The zero-order valence-corrected chi connectivity index (χ0v) is 23.2. The molecule has 5 rings (SSSR count). The minimum atomic E-state index is -0.358. The highest BCUT2D eigenvalue weighted by atomic mass is 16.5. The standard InChI is InChI=1S/C32H36N4O4/c1-36-28-19-22(14-16-25(28)27(20-29(37)40-2)24-11-5-6-12-26(24)32(36)39)31(38)34-17-7-3-4-10-23-15-13-21-9-8-18-33-30(21)35-23/h5-6,11-16,19,27H,3-4,7-10,17-18,20H2,1-2H3,(H,33,35)(H,34,38). The van der Waals surface area contributed by atoms with E-state index in [4.69, 9.17) is 9.72 Å². The number of amides is 2. The maximum absolute atomic E-state index is 13.3. The van der Waals surface area contributed by atoms with Crippen molar-refractivity contribution in [2.24, 2.45) is 0 Å². The van der Waals surface area contributed by atoms with E-state index in [2.05, 4.69) is 22.8 Å². The van der Waals surface area contributed by atoms with Crippen LogP contribution in [0.25, 0.3) is 0 Å². The van der Waals surface area contributed by atoms with Crippen LogP contribution in [-0.4, -0.2) is 50.0 Å². The number of anilines is 2. The first kappa shape index (κ1) is 27.4. The van der Waals surface area contributed by atoms with Crippen LogP contribution in [-0.2, 0) is 22.4 Å². The molecule has 0 fully saturated rings. The van der Waals surface area contributed by atoms with Crippen molar-refractivity contribution >= 4 is 29.3 Å². The molecule has 8 heteroatoms. The quantitative estimate of drug-likeness (QED) is 0.297. The Morgan fingerprint density at radius 3 is 2.77 bits per heavy atom. The van der Waals surface area contributed by atoms with Gasteiger partial charge in [-0.05, 0) is 73.1 Å². The molecule has 1 aromatic heterocycles. The fourth-order valence-corrected chi connectivity index (χ4v) is 5.61. The van der Waals surface area contributed by atoms with Crippen LogP contribution in [0.15, 0.2) is 54.6 Å². The molecule has 3 aromatic rings. The van der Waals surface area contributed by atoms with Crippen molar-refractivity contribution in [2.45, 2.75) is 50.9 Å². The topological polar surface area (TPSA) is 101 Å². The molecule has 1 atom stereocenters. The number of ether oxygens (including phenoxy) is 1. The molecule has 208 valence electrons. The second-order valence-corrected chi connectivity index (χ2v) is 10.5. The summed E-state index contributed by atoms with van der Waals surface area (Å²) in [4.78, 5) is 45.0. The Hall–Kier alpha value is -4.20. The van der Waals surface area contributed by atoms with Crippen LogP contribution in [0.2, 0.25) is 0 Å². The lowest BCUT2D eigenvalue weighted by Crippen LogP contribution is -2.27. The van der Waals surface area contributed by atoms with E-state index in [1.54, 1.807) is 30.1 Å². The smallest absolute Gasteiger partial charge is 0.306 e. The Morgan fingerprint density at radius 2 is 1.93 bits per heavy atom. The van der Waals surface area contributed by atoms with Crippen LogP contribution in [0.3, 0.4) is 0 Å². The number of unbranched alkanes of at least 4 members (excludes halogenated alkanes) is 2. The van der Waals surface area contributed by atoms with Crippen LogP contribution >= 0.6 is 0 Å². The molecule has 2 amide bonds.